The second-order valence-corrected chi connectivity index (χ2v) is 7.81. The van der Waals surface area contributed by atoms with Gasteiger partial charge in [-0.1, -0.05) is 18.2 Å². The Balaban J connectivity index is 1.36. The van der Waals surface area contributed by atoms with Crippen molar-refractivity contribution >= 4 is 16.8 Å². The first-order valence-corrected chi connectivity index (χ1v) is 10.2. The van der Waals surface area contributed by atoms with Crippen LogP contribution in [0.4, 0.5) is 0 Å². The van der Waals surface area contributed by atoms with E-state index >= 15 is 0 Å². The van der Waals surface area contributed by atoms with E-state index in [2.05, 4.69) is 9.88 Å². The molecule has 0 N–H and O–H groups in total. The Bertz CT molecular complexity index is 793. The number of aromatic nitrogens is 1. The number of hydrogen-bond acceptors (Lipinski definition) is 4. The first kappa shape index (κ1) is 18.4. The summed E-state index contributed by atoms with van der Waals surface area (Å²) in [5.41, 5.74) is 2.60. The van der Waals surface area contributed by atoms with E-state index in [0.29, 0.717) is 0 Å². The van der Waals surface area contributed by atoms with Crippen LogP contribution in [0.1, 0.15) is 35.3 Å². The summed E-state index contributed by atoms with van der Waals surface area (Å²) in [6, 6.07) is 9.88. The molecule has 0 saturated carbocycles. The number of morpholine rings is 1. The molecule has 4 rings (SSSR count). The fourth-order valence-electron chi connectivity index (χ4n) is 4.27. The Labute approximate surface area is 161 Å². The second kappa shape index (κ2) is 8.36. The summed E-state index contributed by atoms with van der Waals surface area (Å²) in [6.07, 6.45) is 3.45. The molecule has 1 amide bonds. The smallest absolute Gasteiger partial charge is 0.254 e. The predicted octanol–water partition coefficient (Wildman–Crippen LogP) is 3.12. The van der Waals surface area contributed by atoms with Crippen molar-refractivity contribution in [3.05, 3.63) is 41.6 Å². The minimum atomic E-state index is 0.156. The van der Waals surface area contributed by atoms with Crippen LogP contribution in [-0.4, -0.2) is 66.6 Å². The van der Waals surface area contributed by atoms with E-state index in [1.54, 1.807) is 0 Å². The van der Waals surface area contributed by atoms with E-state index in [4.69, 9.17) is 4.74 Å². The van der Waals surface area contributed by atoms with Crippen molar-refractivity contribution in [2.75, 3.05) is 45.9 Å². The van der Waals surface area contributed by atoms with Crippen molar-refractivity contribution in [1.82, 2.24) is 14.8 Å². The molecular weight excluding hydrogens is 338 g/mol. The van der Waals surface area contributed by atoms with Gasteiger partial charge in [-0.3, -0.25) is 14.7 Å². The highest BCUT2D eigenvalue weighted by Crippen LogP contribution is 2.25. The maximum Gasteiger partial charge on any atom is 0.254 e. The predicted molar refractivity (Wildman–Crippen MR) is 107 cm³/mol. The molecule has 27 heavy (non-hydrogen) atoms. The Morgan fingerprint density at radius 2 is 1.89 bits per heavy atom. The number of hydrogen-bond donors (Lipinski definition) is 0. The number of benzene rings is 1. The lowest BCUT2D eigenvalue weighted by Crippen LogP contribution is -2.41. The van der Waals surface area contributed by atoms with Gasteiger partial charge in [-0.2, -0.15) is 0 Å². The number of carbonyl (C=O) groups is 1. The van der Waals surface area contributed by atoms with Gasteiger partial charge < -0.3 is 9.64 Å². The molecule has 1 aromatic carbocycles. The number of piperidine rings is 1. The maximum absolute atomic E-state index is 13.2. The number of aryl methyl sites for hydroxylation is 1. The van der Waals surface area contributed by atoms with Crippen LogP contribution in [0.2, 0.25) is 0 Å². The van der Waals surface area contributed by atoms with Gasteiger partial charge in [0.1, 0.15) is 0 Å². The molecule has 144 valence electrons. The molecule has 2 aliphatic rings. The molecule has 2 fully saturated rings. The molecule has 0 unspecified atom stereocenters. The second-order valence-electron chi connectivity index (χ2n) is 7.81. The zero-order valence-corrected chi connectivity index (χ0v) is 16.2. The quantitative estimate of drug-likeness (QED) is 0.833. The van der Waals surface area contributed by atoms with Crippen LogP contribution in [-0.2, 0) is 4.74 Å². The summed E-state index contributed by atoms with van der Waals surface area (Å²) in [5, 5.41) is 0.961. The molecule has 0 spiro atoms. The van der Waals surface area contributed by atoms with Crippen LogP contribution < -0.4 is 0 Å². The molecule has 3 heterocycles. The molecule has 5 nitrogen and oxygen atoms in total. The summed E-state index contributed by atoms with van der Waals surface area (Å²) in [6.45, 7) is 8.71. The number of fused-ring (bicyclic) bond motifs is 1. The Morgan fingerprint density at radius 3 is 2.67 bits per heavy atom. The van der Waals surface area contributed by atoms with Gasteiger partial charge in [0.05, 0.1) is 24.3 Å². The van der Waals surface area contributed by atoms with Gasteiger partial charge in [0.15, 0.2) is 0 Å². The lowest BCUT2D eigenvalue weighted by molar-refractivity contribution is 0.0332. The van der Waals surface area contributed by atoms with E-state index in [1.165, 1.54) is 6.42 Å². The van der Waals surface area contributed by atoms with Gasteiger partial charge >= 0.3 is 0 Å². The number of rotatable bonds is 4. The average molecular weight is 367 g/mol. The normalized spacial score (nSPS) is 19.5. The molecule has 2 aliphatic heterocycles. The molecule has 0 atom stereocenters. The van der Waals surface area contributed by atoms with Gasteiger partial charge in [-0.25, -0.2) is 0 Å². The van der Waals surface area contributed by atoms with E-state index < -0.39 is 0 Å². The van der Waals surface area contributed by atoms with Crippen LogP contribution >= 0.6 is 0 Å². The fourth-order valence-corrected chi connectivity index (χ4v) is 4.27. The third-order valence-corrected chi connectivity index (χ3v) is 5.93. The van der Waals surface area contributed by atoms with Crippen LogP contribution in [0.3, 0.4) is 0 Å². The Hall–Kier alpha value is -1.98. The van der Waals surface area contributed by atoms with Crippen LogP contribution in [0.25, 0.3) is 10.9 Å². The SMILES string of the molecule is Cc1cc(C(=O)N2CCC(CCN3CCOCC3)CC2)c2ccccc2n1. The first-order valence-electron chi connectivity index (χ1n) is 10.2. The topological polar surface area (TPSA) is 45.7 Å². The Morgan fingerprint density at radius 1 is 1.15 bits per heavy atom. The first-order chi connectivity index (χ1) is 13.2. The summed E-state index contributed by atoms with van der Waals surface area (Å²) >= 11 is 0. The molecule has 0 radical (unpaired) electrons. The zero-order valence-electron chi connectivity index (χ0n) is 16.2. The molecule has 2 aromatic rings. The molecule has 2 saturated heterocycles. The summed E-state index contributed by atoms with van der Waals surface area (Å²) < 4.78 is 5.42. The van der Waals surface area contributed by atoms with Crippen molar-refractivity contribution < 1.29 is 9.53 Å². The van der Waals surface area contributed by atoms with Crippen LogP contribution in [0, 0.1) is 12.8 Å². The lowest BCUT2D eigenvalue weighted by Gasteiger charge is -2.34. The van der Waals surface area contributed by atoms with E-state index in [0.717, 1.165) is 86.9 Å². The summed E-state index contributed by atoms with van der Waals surface area (Å²) in [5.74, 6) is 0.885. The maximum atomic E-state index is 13.2. The highest BCUT2D eigenvalue weighted by atomic mass is 16.5. The largest absolute Gasteiger partial charge is 0.379 e. The van der Waals surface area contributed by atoms with Crippen molar-refractivity contribution in [2.24, 2.45) is 5.92 Å². The third-order valence-electron chi connectivity index (χ3n) is 5.93. The summed E-state index contributed by atoms with van der Waals surface area (Å²) in [7, 11) is 0. The lowest BCUT2D eigenvalue weighted by atomic mass is 9.92. The molecule has 0 bridgehead atoms. The third kappa shape index (κ3) is 4.30. The minimum Gasteiger partial charge on any atom is -0.379 e. The zero-order chi connectivity index (χ0) is 18.6. The molecule has 0 aliphatic carbocycles. The highest BCUT2D eigenvalue weighted by molar-refractivity contribution is 6.06. The van der Waals surface area contributed by atoms with Crippen molar-refractivity contribution in [2.45, 2.75) is 26.2 Å². The number of carbonyl (C=O) groups excluding carboxylic acids is 1. The van der Waals surface area contributed by atoms with E-state index in [1.807, 2.05) is 42.2 Å². The number of likely N-dealkylation sites (tertiary alicyclic amines) is 1. The monoisotopic (exact) mass is 367 g/mol. The minimum absolute atomic E-state index is 0.156. The fraction of sp³-hybridized carbons (Fsp3) is 0.545. The van der Waals surface area contributed by atoms with Crippen molar-refractivity contribution in [1.29, 1.82) is 0 Å². The van der Waals surface area contributed by atoms with E-state index in [-0.39, 0.29) is 5.91 Å². The summed E-state index contributed by atoms with van der Waals surface area (Å²) in [4.78, 5) is 22.3. The van der Waals surface area contributed by atoms with Gasteiger partial charge in [0.2, 0.25) is 0 Å². The highest BCUT2D eigenvalue weighted by Gasteiger charge is 2.25. The molecule has 1 aromatic heterocycles. The average Bonchev–Trinajstić information content (AvgIpc) is 2.72. The van der Waals surface area contributed by atoms with Gasteiger partial charge in [-0.15, -0.1) is 0 Å². The number of para-hydroxylation sites is 1. The van der Waals surface area contributed by atoms with Gasteiger partial charge in [0, 0.05) is 37.3 Å². The number of ether oxygens (including phenoxy) is 1. The van der Waals surface area contributed by atoms with Gasteiger partial charge in [-0.05, 0) is 50.8 Å². The van der Waals surface area contributed by atoms with Crippen LogP contribution in [0.5, 0.6) is 0 Å². The van der Waals surface area contributed by atoms with Gasteiger partial charge in [0.25, 0.3) is 5.91 Å². The van der Waals surface area contributed by atoms with E-state index in [9.17, 15) is 4.79 Å². The standard InChI is InChI=1S/C22H29N3O2/c1-17-16-20(19-4-2-3-5-21(19)23-17)22(26)25-10-7-18(8-11-25)6-9-24-12-14-27-15-13-24/h2-5,16,18H,6-15H2,1H3. The van der Waals surface area contributed by atoms with Crippen LogP contribution in [0.15, 0.2) is 30.3 Å². The van der Waals surface area contributed by atoms with Crippen molar-refractivity contribution in [3.63, 3.8) is 0 Å². The molecule has 5 heteroatoms. The Kier molecular flexibility index (Phi) is 5.69. The number of amides is 1. The number of pyridine rings is 1. The van der Waals surface area contributed by atoms with Crippen molar-refractivity contribution in [3.8, 4) is 0 Å². The number of nitrogens with zero attached hydrogens (tertiary/aromatic N) is 3. The molecular formula is C22H29N3O2.